The van der Waals surface area contributed by atoms with E-state index in [1.165, 1.54) is 6.26 Å². The number of carboxylic acids is 1. The smallest absolute Gasteiger partial charge is 0.319 e. The minimum Gasteiger partial charge on any atom is -0.481 e. The highest BCUT2D eigenvalue weighted by atomic mass is 16.5. The molecule has 0 saturated carbocycles. The van der Waals surface area contributed by atoms with Gasteiger partial charge in [-0.2, -0.15) is 0 Å². The van der Waals surface area contributed by atoms with E-state index in [0.717, 1.165) is 0 Å². The highest BCUT2D eigenvalue weighted by Crippen LogP contribution is 2.16. The van der Waals surface area contributed by atoms with Crippen molar-refractivity contribution < 1.29 is 19.4 Å². The van der Waals surface area contributed by atoms with Crippen molar-refractivity contribution in [2.45, 2.75) is 32.2 Å². The van der Waals surface area contributed by atoms with Crippen LogP contribution < -0.4 is 15.4 Å². The van der Waals surface area contributed by atoms with Crippen molar-refractivity contribution in [3.05, 3.63) is 37.1 Å². The van der Waals surface area contributed by atoms with E-state index in [1.54, 1.807) is 38.1 Å². The van der Waals surface area contributed by atoms with Gasteiger partial charge in [0.05, 0.1) is 6.26 Å². The molecule has 1 aromatic carbocycles. The van der Waals surface area contributed by atoms with Crippen molar-refractivity contribution in [2.75, 3.05) is 5.32 Å². The number of hydrogen-bond acceptors (Lipinski definition) is 3. The molecule has 0 aliphatic heterocycles. The normalized spacial score (nSPS) is 10.6. The number of nitrogens with one attached hydrogen (secondary N) is 2. The van der Waals surface area contributed by atoms with Gasteiger partial charge in [-0.15, -0.1) is 0 Å². The molecule has 0 atom stereocenters. The minimum absolute atomic E-state index is 0.000862. The van der Waals surface area contributed by atoms with Crippen molar-refractivity contribution in [3.8, 4) is 5.75 Å². The second-order valence-electron chi connectivity index (χ2n) is 5.17. The number of anilines is 1. The third-order valence-electron chi connectivity index (χ3n) is 2.75. The first-order chi connectivity index (χ1) is 9.82. The summed E-state index contributed by atoms with van der Waals surface area (Å²) in [5.41, 5.74) is 0.00640. The first-order valence-electron chi connectivity index (χ1n) is 6.51. The van der Waals surface area contributed by atoms with Gasteiger partial charge in [0.1, 0.15) is 5.75 Å². The van der Waals surface area contributed by atoms with Crippen LogP contribution in [0.3, 0.4) is 0 Å². The van der Waals surface area contributed by atoms with Crippen LogP contribution in [-0.2, 0) is 4.79 Å². The summed E-state index contributed by atoms with van der Waals surface area (Å²) in [4.78, 5) is 22.4. The Hall–Kier alpha value is -2.50. The molecule has 0 aliphatic rings. The molecule has 0 fully saturated rings. The maximum absolute atomic E-state index is 11.9. The molecule has 0 saturated heterocycles. The van der Waals surface area contributed by atoms with Gasteiger partial charge in [-0.25, -0.2) is 4.79 Å². The van der Waals surface area contributed by atoms with Crippen LogP contribution >= 0.6 is 0 Å². The number of carbonyl (C=O) groups is 2. The third kappa shape index (κ3) is 6.47. The van der Waals surface area contributed by atoms with Gasteiger partial charge in [-0.05, 0) is 44.5 Å². The summed E-state index contributed by atoms with van der Waals surface area (Å²) in [7, 11) is 0. The Kier molecular flexibility index (Phi) is 5.78. The van der Waals surface area contributed by atoms with E-state index in [2.05, 4.69) is 17.2 Å². The average molecular weight is 292 g/mol. The summed E-state index contributed by atoms with van der Waals surface area (Å²) < 4.78 is 5.08. The Morgan fingerprint density at radius 3 is 2.48 bits per heavy atom. The number of urea groups is 1. The zero-order chi connectivity index (χ0) is 15.9. The largest absolute Gasteiger partial charge is 0.481 e. The van der Waals surface area contributed by atoms with Gasteiger partial charge in [-0.1, -0.05) is 6.58 Å². The molecule has 6 heteroatoms. The van der Waals surface area contributed by atoms with Crippen LogP contribution in [0.15, 0.2) is 37.1 Å². The molecule has 6 nitrogen and oxygen atoms in total. The first-order valence-corrected chi connectivity index (χ1v) is 6.51. The van der Waals surface area contributed by atoms with Crippen molar-refractivity contribution in [1.82, 2.24) is 5.32 Å². The van der Waals surface area contributed by atoms with Crippen molar-refractivity contribution in [2.24, 2.45) is 0 Å². The number of hydrogen-bond donors (Lipinski definition) is 3. The van der Waals surface area contributed by atoms with E-state index in [1.807, 2.05) is 0 Å². The molecule has 0 unspecified atom stereocenters. The molecule has 0 bridgehead atoms. The number of amides is 2. The number of benzene rings is 1. The molecule has 114 valence electrons. The maximum atomic E-state index is 11.9. The summed E-state index contributed by atoms with van der Waals surface area (Å²) in [5.74, 6) is -0.263. The van der Waals surface area contributed by atoms with Gasteiger partial charge in [0.2, 0.25) is 0 Å². The molecule has 0 radical (unpaired) electrons. The number of aliphatic carboxylic acids is 1. The van der Waals surface area contributed by atoms with Gasteiger partial charge in [-0.3, -0.25) is 4.79 Å². The van der Waals surface area contributed by atoms with Crippen LogP contribution in [0.25, 0.3) is 0 Å². The number of carbonyl (C=O) groups excluding carboxylic acids is 1. The van der Waals surface area contributed by atoms with Gasteiger partial charge in [0.25, 0.3) is 0 Å². The fourth-order valence-electron chi connectivity index (χ4n) is 1.66. The average Bonchev–Trinajstić information content (AvgIpc) is 2.38. The van der Waals surface area contributed by atoms with Gasteiger partial charge in [0, 0.05) is 17.6 Å². The third-order valence-corrected chi connectivity index (χ3v) is 2.75. The zero-order valence-electron chi connectivity index (χ0n) is 12.2. The highest BCUT2D eigenvalue weighted by molar-refractivity contribution is 5.89. The van der Waals surface area contributed by atoms with Gasteiger partial charge in [0.15, 0.2) is 0 Å². The summed E-state index contributed by atoms with van der Waals surface area (Å²) in [6.45, 7) is 7.00. The number of ether oxygens (including phenoxy) is 1. The lowest BCUT2D eigenvalue weighted by molar-refractivity contribution is -0.137. The van der Waals surface area contributed by atoms with Crippen LogP contribution in [0.4, 0.5) is 10.5 Å². The van der Waals surface area contributed by atoms with Gasteiger partial charge < -0.3 is 20.5 Å². The molecule has 2 amide bonds. The standard InChI is InChI=1S/C15H20N2O4/c1-4-21-12-7-5-11(6-8-12)16-14(20)17-15(2,3)10-9-13(18)19/h4-8H,1,9-10H2,2-3H3,(H,18,19)(H2,16,17,20). The van der Waals surface area contributed by atoms with Crippen molar-refractivity contribution in [1.29, 1.82) is 0 Å². The lowest BCUT2D eigenvalue weighted by Gasteiger charge is -2.25. The summed E-state index contributed by atoms with van der Waals surface area (Å²) >= 11 is 0. The monoisotopic (exact) mass is 292 g/mol. The predicted molar refractivity (Wildman–Crippen MR) is 80.4 cm³/mol. The molecule has 3 N–H and O–H groups in total. The summed E-state index contributed by atoms with van der Waals surface area (Å²) in [6.07, 6.45) is 1.67. The Morgan fingerprint density at radius 1 is 1.33 bits per heavy atom. The van der Waals surface area contributed by atoms with E-state index < -0.39 is 11.5 Å². The summed E-state index contributed by atoms with van der Waals surface area (Å²) in [5, 5.41) is 14.1. The molecule has 0 aromatic heterocycles. The predicted octanol–water partition coefficient (Wildman–Crippen LogP) is 2.97. The molecule has 0 heterocycles. The van der Waals surface area contributed by atoms with Crippen molar-refractivity contribution in [3.63, 3.8) is 0 Å². The quantitative estimate of drug-likeness (QED) is 0.674. The molecular formula is C15H20N2O4. The van der Waals surface area contributed by atoms with Crippen LogP contribution in [0.1, 0.15) is 26.7 Å². The lowest BCUT2D eigenvalue weighted by atomic mass is 9.99. The lowest BCUT2D eigenvalue weighted by Crippen LogP contribution is -2.45. The molecule has 1 rings (SSSR count). The Balaban J connectivity index is 2.52. The Labute approximate surface area is 123 Å². The van der Waals surface area contributed by atoms with E-state index in [0.29, 0.717) is 17.9 Å². The molecule has 0 spiro atoms. The van der Waals surface area contributed by atoms with E-state index in [4.69, 9.17) is 9.84 Å². The van der Waals surface area contributed by atoms with Crippen LogP contribution in [0, 0.1) is 0 Å². The maximum Gasteiger partial charge on any atom is 0.319 e. The SMILES string of the molecule is C=COc1ccc(NC(=O)NC(C)(C)CCC(=O)O)cc1. The Bertz CT molecular complexity index is 509. The molecular weight excluding hydrogens is 272 g/mol. The van der Waals surface area contributed by atoms with E-state index in [9.17, 15) is 9.59 Å². The topological polar surface area (TPSA) is 87.7 Å². The molecule has 1 aromatic rings. The first kappa shape index (κ1) is 16.6. The molecule has 0 aliphatic carbocycles. The van der Waals surface area contributed by atoms with Gasteiger partial charge >= 0.3 is 12.0 Å². The fourth-order valence-corrected chi connectivity index (χ4v) is 1.66. The zero-order valence-corrected chi connectivity index (χ0v) is 12.2. The van der Waals surface area contributed by atoms with E-state index >= 15 is 0 Å². The van der Waals surface area contributed by atoms with Crippen LogP contribution in [0.2, 0.25) is 0 Å². The second-order valence-corrected chi connectivity index (χ2v) is 5.17. The highest BCUT2D eigenvalue weighted by Gasteiger charge is 2.21. The second kappa shape index (κ2) is 7.33. The molecule has 21 heavy (non-hydrogen) atoms. The van der Waals surface area contributed by atoms with Crippen LogP contribution in [0.5, 0.6) is 5.75 Å². The number of rotatable bonds is 7. The minimum atomic E-state index is -0.886. The number of carboxylic acid groups (broad SMARTS) is 1. The van der Waals surface area contributed by atoms with E-state index in [-0.39, 0.29) is 12.5 Å². The van der Waals surface area contributed by atoms with Crippen LogP contribution in [-0.4, -0.2) is 22.6 Å². The van der Waals surface area contributed by atoms with Crippen molar-refractivity contribution >= 4 is 17.7 Å². The summed E-state index contributed by atoms with van der Waals surface area (Å²) in [6, 6.07) is 6.41. The Morgan fingerprint density at radius 2 is 1.95 bits per heavy atom. The fraction of sp³-hybridized carbons (Fsp3) is 0.333.